The second-order valence-electron chi connectivity index (χ2n) is 4.53. The lowest BCUT2D eigenvalue weighted by atomic mass is 9.51. The van der Waals surface area contributed by atoms with E-state index in [-0.39, 0.29) is 0 Å². The molecule has 0 saturated carbocycles. The second-order valence-corrected chi connectivity index (χ2v) is 4.53. The summed E-state index contributed by atoms with van der Waals surface area (Å²) in [5, 5.41) is 0. The van der Waals surface area contributed by atoms with Crippen LogP contribution in [0.5, 0.6) is 0 Å². The fourth-order valence-corrected chi connectivity index (χ4v) is 2.05. The minimum absolute atomic E-state index is 0.973. The van der Waals surface area contributed by atoms with Gasteiger partial charge in [-0.15, -0.1) is 0 Å². The number of pyridine rings is 2. The molecule has 0 fully saturated rings. The van der Waals surface area contributed by atoms with Crippen LogP contribution in [0.4, 0.5) is 0 Å². The minimum Gasteiger partial charge on any atom is -0.252 e. The standard InChI is InChI=1S/C12H15B3N2/c1-7-3-9(13)5-11(16-7)12-6-10(15-14)4-8(2)17-12/h3-6,15H,13-14H2,1-2H3. The molecule has 0 bridgehead atoms. The molecule has 0 spiro atoms. The first kappa shape index (κ1) is 12.0. The van der Waals surface area contributed by atoms with E-state index in [1.165, 1.54) is 10.9 Å². The van der Waals surface area contributed by atoms with Crippen molar-refractivity contribution in [3.63, 3.8) is 0 Å². The van der Waals surface area contributed by atoms with Crippen LogP contribution in [0.1, 0.15) is 11.4 Å². The van der Waals surface area contributed by atoms with Crippen LogP contribution in [0.3, 0.4) is 0 Å². The predicted molar refractivity (Wildman–Crippen MR) is 80.4 cm³/mol. The van der Waals surface area contributed by atoms with E-state index < -0.39 is 0 Å². The highest BCUT2D eigenvalue weighted by Gasteiger charge is 2.05. The maximum Gasteiger partial charge on any atom is 0.139 e. The molecule has 17 heavy (non-hydrogen) atoms. The Kier molecular flexibility index (Phi) is 3.37. The van der Waals surface area contributed by atoms with Crippen LogP contribution in [-0.2, 0) is 0 Å². The van der Waals surface area contributed by atoms with Gasteiger partial charge in [0.05, 0.1) is 19.1 Å². The van der Waals surface area contributed by atoms with Crippen molar-refractivity contribution in [2.45, 2.75) is 13.8 Å². The maximum atomic E-state index is 4.57. The van der Waals surface area contributed by atoms with Crippen LogP contribution in [0.2, 0.25) is 0 Å². The van der Waals surface area contributed by atoms with Gasteiger partial charge in [-0.05, 0) is 38.1 Å². The lowest BCUT2D eigenvalue weighted by Crippen LogP contribution is -2.16. The summed E-state index contributed by atoms with van der Waals surface area (Å²) < 4.78 is 0. The van der Waals surface area contributed by atoms with Crippen molar-refractivity contribution in [2.75, 3.05) is 0 Å². The molecule has 0 N–H and O–H groups in total. The highest BCUT2D eigenvalue weighted by atomic mass is 14.8. The third-order valence-corrected chi connectivity index (χ3v) is 2.78. The molecule has 0 saturated heterocycles. The molecule has 82 valence electrons. The third kappa shape index (κ3) is 2.79. The van der Waals surface area contributed by atoms with Crippen molar-refractivity contribution >= 4 is 33.7 Å². The van der Waals surface area contributed by atoms with Crippen LogP contribution >= 0.6 is 0 Å². The molecule has 2 heterocycles. The maximum absolute atomic E-state index is 4.57. The Morgan fingerprint density at radius 3 is 2.12 bits per heavy atom. The van der Waals surface area contributed by atoms with Crippen molar-refractivity contribution in [3.8, 4) is 11.4 Å². The highest BCUT2D eigenvalue weighted by molar-refractivity contribution is 6.97. The lowest BCUT2D eigenvalue weighted by molar-refractivity contribution is 1.16. The first-order valence-electron chi connectivity index (χ1n) is 6.01. The van der Waals surface area contributed by atoms with Gasteiger partial charge in [0.1, 0.15) is 15.0 Å². The summed E-state index contributed by atoms with van der Waals surface area (Å²) in [6, 6.07) is 8.44. The van der Waals surface area contributed by atoms with Gasteiger partial charge >= 0.3 is 0 Å². The van der Waals surface area contributed by atoms with E-state index in [0.29, 0.717) is 0 Å². The van der Waals surface area contributed by atoms with Crippen molar-refractivity contribution in [1.29, 1.82) is 0 Å². The Balaban J connectivity index is 2.55. The SMILES string of the molecule is BBc1cc(C)nc(-c2cc(B)cc(C)n2)c1. The van der Waals surface area contributed by atoms with E-state index in [2.05, 4.69) is 49.8 Å². The zero-order valence-corrected chi connectivity index (χ0v) is 10.9. The first-order chi connectivity index (χ1) is 8.08. The molecule has 2 aromatic rings. The second kappa shape index (κ2) is 4.78. The smallest absolute Gasteiger partial charge is 0.139 e. The van der Waals surface area contributed by atoms with Crippen molar-refractivity contribution in [3.05, 3.63) is 35.7 Å². The van der Waals surface area contributed by atoms with Crippen molar-refractivity contribution in [1.82, 2.24) is 9.97 Å². The fourth-order valence-electron chi connectivity index (χ4n) is 2.05. The van der Waals surface area contributed by atoms with Gasteiger partial charge in [-0.25, -0.2) is 0 Å². The van der Waals surface area contributed by atoms with Gasteiger partial charge in [0.2, 0.25) is 0 Å². The van der Waals surface area contributed by atoms with E-state index in [1.807, 2.05) is 13.8 Å². The van der Waals surface area contributed by atoms with E-state index in [4.69, 9.17) is 0 Å². The van der Waals surface area contributed by atoms with E-state index in [1.54, 1.807) is 0 Å². The molecule has 0 aliphatic heterocycles. The summed E-state index contributed by atoms with van der Waals surface area (Å²) in [5.74, 6) is 0. The zero-order chi connectivity index (χ0) is 12.4. The number of aryl methyl sites for hydroxylation is 2. The fraction of sp³-hybridized carbons (Fsp3) is 0.167. The Hall–Kier alpha value is -1.51. The van der Waals surface area contributed by atoms with E-state index in [9.17, 15) is 0 Å². The number of nitrogens with zero attached hydrogens (tertiary/aromatic N) is 2. The summed E-state index contributed by atoms with van der Waals surface area (Å²) in [4.78, 5) is 9.13. The van der Waals surface area contributed by atoms with Gasteiger partial charge < -0.3 is 0 Å². The minimum atomic E-state index is 0.973. The summed E-state index contributed by atoms with van der Waals surface area (Å²) in [6.45, 7) is 4.05. The van der Waals surface area contributed by atoms with E-state index >= 15 is 0 Å². The Bertz CT molecular complexity index is 535. The molecule has 5 heteroatoms. The first-order valence-corrected chi connectivity index (χ1v) is 6.01. The number of rotatable bonds is 2. The Labute approximate surface area is 105 Å². The molecule has 0 aliphatic carbocycles. The van der Waals surface area contributed by atoms with Gasteiger partial charge in [-0.3, -0.25) is 9.97 Å². The summed E-state index contributed by atoms with van der Waals surface area (Å²) in [6.07, 6.45) is 0. The topological polar surface area (TPSA) is 25.8 Å². The molecule has 0 radical (unpaired) electrons. The molecule has 2 nitrogen and oxygen atoms in total. The molecule has 0 atom stereocenters. The molecular formula is C12H15B3N2. The molecule has 2 rings (SSSR count). The molecular weight excluding hydrogens is 205 g/mol. The molecule has 0 unspecified atom stereocenters. The average Bonchev–Trinajstić information content (AvgIpc) is 2.26. The largest absolute Gasteiger partial charge is 0.252 e. The van der Waals surface area contributed by atoms with Gasteiger partial charge in [0, 0.05) is 11.4 Å². The molecule has 0 aliphatic rings. The normalized spacial score (nSPS) is 10.2. The van der Waals surface area contributed by atoms with Gasteiger partial charge in [0.25, 0.3) is 0 Å². The zero-order valence-electron chi connectivity index (χ0n) is 10.9. The molecule has 0 aromatic carbocycles. The third-order valence-electron chi connectivity index (χ3n) is 2.78. The predicted octanol–water partition coefficient (Wildman–Crippen LogP) is -1.37. The molecule has 0 amide bonds. The van der Waals surface area contributed by atoms with Crippen molar-refractivity contribution < 1.29 is 0 Å². The number of hydrogen-bond acceptors (Lipinski definition) is 2. The van der Waals surface area contributed by atoms with Gasteiger partial charge in [-0.1, -0.05) is 10.9 Å². The van der Waals surface area contributed by atoms with Crippen molar-refractivity contribution in [2.24, 2.45) is 0 Å². The van der Waals surface area contributed by atoms with E-state index in [0.717, 1.165) is 29.9 Å². The quantitative estimate of drug-likeness (QED) is 0.583. The van der Waals surface area contributed by atoms with Crippen LogP contribution < -0.4 is 10.9 Å². The average molecular weight is 220 g/mol. The highest BCUT2D eigenvalue weighted by Crippen LogP contribution is 2.12. The Morgan fingerprint density at radius 1 is 0.941 bits per heavy atom. The van der Waals surface area contributed by atoms with Gasteiger partial charge in [0.15, 0.2) is 0 Å². The summed E-state index contributed by atoms with van der Waals surface area (Å²) in [7, 11) is 5.28. The number of aromatic nitrogens is 2. The number of hydrogen-bond donors (Lipinski definition) is 0. The molecule has 2 aromatic heterocycles. The van der Waals surface area contributed by atoms with Crippen LogP contribution in [0, 0.1) is 13.8 Å². The van der Waals surface area contributed by atoms with Crippen LogP contribution in [-0.4, -0.2) is 32.7 Å². The van der Waals surface area contributed by atoms with Gasteiger partial charge in [-0.2, -0.15) is 0 Å². The summed E-state index contributed by atoms with van der Waals surface area (Å²) >= 11 is 0. The van der Waals surface area contributed by atoms with Crippen LogP contribution in [0.15, 0.2) is 24.3 Å². The lowest BCUT2D eigenvalue weighted by Gasteiger charge is -2.07. The van der Waals surface area contributed by atoms with Crippen LogP contribution in [0.25, 0.3) is 11.4 Å². The summed E-state index contributed by atoms with van der Waals surface area (Å²) in [5.41, 5.74) is 6.60. The monoisotopic (exact) mass is 220 g/mol. The Morgan fingerprint density at radius 2 is 1.53 bits per heavy atom.